The average Bonchev–Trinajstić information content (AvgIpc) is 3.76. The Morgan fingerprint density at radius 1 is 0.558 bits per heavy atom. The molecule has 0 unspecified atom stereocenters. The van der Waals surface area contributed by atoms with Crippen LogP contribution >= 0.6 is 57.1 Å². The van der Waals surface area contributed by atoms with E-state index in [-0.39, 0.29) is 22.6 Å². The summed E-state index contributed by atoms with van der Waals surface area (Å²) >= 11 is 5.87. The highest BCUT2D eigenvalue weighted by Crippen LogP contribution is 2.46. The minimum absolute atomic E-state index is 0.154. The molecule has 0 aliphatic carbocycles. The second kappa shape index (κ2) is 11.4. The van der Waals surface area contributed by atoms with E-state index in [9.17, 15) is 39.6 Å². The molecule has 0 aliphatic rings. The third-order valence-corrected chi connectivity index (χ3v) is 11.8. The fourth-order valence-corrected chi connectivity index (χ4v) is 9.51. The molecule has 15 heteroatoms. The lowest BCUT2D eigenvalue weighted by atomic mass is 10.0. The minimum atomic E-state index is -1.05. The van der Waals surface area contributed by atoms with Crippen molar-refractivity contribution < 1.29 is 39.6 Å². The summed E-state index contributed by atoms with van der Waals surface area (Å²) in [6.45, 7) is 0. The number of rotatable bonds is 10. The summed E-state index contributed by atoms with van der Waals surface area (Å²) in [4.78, 5) is 50.6. The van der Waals surface area contributed by atoms with Crippen molar-refractivity contribution in [2.75, 3.05) is 0 Å². The van der Waals surface area contributed by atoms with Crippen LogP contribution in [0.25, 0.3) is 51.4 Å². The van der Waals surface area contributed by atoms with Gasteiger partial charge in [0.05, 0.1) is 24.6 Å². The average molecular weight is 669 g/mol. The number of fused-ring (bicyclic) bond motifs is 1. The summed E-state index contributed by atoms with van der Waals surface area (Å²) in [7, 11) is 0. The van der Waals surface area contributed by atoms with Crippen LogP contribution in [0.1, 0.15) is 30.5 Å². The van der Waals surface area contributed by atoms with Crippen molar-refractivity contribution in [3.05, 3.63) is 69.4 Å². The zero-order valence-electron chi connectivity index (χ0n) is 21.4. The van der Waals surface area contributed by atoms with Crippen LogP contribution in [0.3, 0.4) is 0 Å². The number of aromatic carboxylic acids is 2. The van der Waals surface area contributed by atoms with E-state index in [1.807, 2.05) is 12.1 Å². The summed E-state index contributed by atoms with van der Waals surface area (Å²) in [5.74, 6) is -4.13. The number of aromatic nitrogens is 2. The Labute approximate surface area is 261 Å². The monoisotopic (exact) mass is 668 g/mol. The lowest BCUT2D eigenvalue weighted by molar-refractivity contribution is -0.137. The van der Waals surface area contributed by atoms with Crippen molar-refractivity contribution in [3.63, 3.8) is 0 Å². The fourth-order valence-electron chi connectivity index (χ4n) is 4.54. The molecule has 0 radical (unpaired) electrons. The molecule has 216 valence electrons. The predicted molar refractivity (Wildman–Crippen MR) is 167 cm³/mol. The van der Waals surface area contributed by atoms with Gasteiger partial charge in [-0.15, -0.1) is 45.3 Å². The van der Waals surface area contributed by atoms with Crippen molar-refractivity contribution in [1.29, 1.82) is 0 Å². The number of aliphatic carboxylic acids is 2. The normalized spacial score (nSPS) is 11.3. The molecule has 0 spiro atoms. The molecule has 0 bridgehead atoms. The Balaban J connectivity index is 1.45. The second-order valence-corrected chi connectivity index (χ2v) is 13.9. The second-order valence-electron chi connectivity index (χ2n) is 9.13. The fraction of sp³-hybridized carbons (Fsp3) is 0.0714. The number of nitrogens with zero attached hydrogens (tertiary/aromatic N) is 2. The van der Waals surface area contributed by atoms with Crippen LogP contribution in [0, 0.1) is 0 Å². The molecule has 0 saturated carbocycles. The van der Waals surface area contributed by atoms with Crippen molar-refractivity contribution in [1.82, 2.24) is 8.75 Å². The maximum absolute atomic E-state index is 11.6. The molecule has 43 heavy (non-hydrogen) atoms. The van der Waals surface area contributed by atoms with E-state index in [1.165, 1.54) is 34.8 Å². The Kier molecular flexibility index (Phi) is 7.66. The zero-order valence-corrected chi connectivity index (χ0v) is 25.5. The predicted octanol–water partition coefficient (Wildman–Crippen LogP) is 7.26. The van der Waals surface area contributed by atoms with Crippen molar-refractivity contribution in [2.45, 2.75) is 12.8 Å². The highest BCUT2D eigenvalue weighted by molar-refractivity contribution is 7.25. The zero-order chi connectivity index (χ0) is 30.4. The smallest absolute Gasteiger partial charge is 0.345 e. The molecule has 5 aromatic heterocycles. The number of carbonyl (C=O) groups is 4. The van der Waals surface area contributed by atoms with Crippen LogP contribution in [-0.4, -0.2) is 53.1 Å². The number of carboxylic acid groups (broad SMARTS) is 4. The van der Waals surface area contributed by atoms with Gasteiger partial charge in [0.25, 0.3) is 0 Å². The van der Waals surface area contributed by atoms with Gasteiger partial charge in [-0.3, -0.25) is 9.59 Å². The van der Waals surface area contributed by atoms with Crippen LogP contribution in [0.15, 0.2) is 48.5 Å². The Hall–Kier alpha value is -4.28. The maximum atomic E-state index is 11.6. The molecule has 0 amide bonds. The highest BCUT2D eigenvalue weighted by Gasteiger charge is 2.23. The first-order valence-corrected chi connectivity index (χ1v) is 16.2. The van der Waals surface area contributed by atoms with E-state index >= 15 is 0 Å². The Bertz CT molecular complexity index is 1930. The highest BCUT2D eigenvalue weighted by atomic mass is 32.1. The summed E-state index contributed by atoms with van der Waals surface area (Å²) < 4.78 is 9.07. The topological polar surface area (TPSA) is 175 Å². The van der Waals surface area contributed by atoms with Crippen LogP contribution in [0.4, 0.5) is 0 Å². The first-order chi connectivity index (χ1) is 20.6. The van der Waals surface area contributed by atoms with Gasteiger partial charge < -0.3 is 20.4 Å². The Morgan fingerprint density at radius 2 is 0.977 bits per heavy atom. The minimum Gasteiger partial charge on any atom is -0.481 e. The van der Waals surface area contributed by atoms with Crippen LogP contribution in [-0.2, 0) is 22.4 Å². The molecule has 0 aliphatic heterocycles. The number of carboxylic acids is 4. The van der Waals surface area contributed by atoms with Crippen molar-refractivity contribution >= 4 is 92.0 Å². The molecule has 0 fully saturated rings. The third-order valence-electron chi connectivity index (χ3n) is 6.33. The summed E-state index contributed by atoms with van der Waals surface area (Å²) in [5.41, 5.74) is 3.77. The van der Waals surface area contributed by atoms with Gasteiger partial charge in [-0.2, -0.15) is 8.75 Å². The van der Waals surface area contributed by atoms with Crippen molar-refractivity contribution in [3.8, 4) is 40.4 Å². The van der Waals surface area contributed by atoms with Gasteiger partial charge in [0, 0.05) is 40.4 Å². The molecule has 0 saturated heterocycles. The van der Waals surface area contributed by atoms with E-state index in [4.69, 9.17) is 0 Å². The molecule has 1 aromatic carbocycles. The van der Waals surface area contributed by atoms with Gasteiger partial charge in [0.15, 0.2) is 0 Å². The first-order valence-electron chi connectivity index (χ1n) is 12.2. The van der Waals surface area contributed by atoms with E-state index in [0.29, 0.717) is 41.7 Å². The lowest BCUT2D eigenvalue weighted by Crippen LogP contribution is -1.99. The van der Waals surface area contributed by atoms with Gasteiger partial charge in [-0.1, -0.05) is 12.1 Å². The molecule has 5 heterocycles. The maximum Gasteiger partial charge on any atom is 0.345 e. The number of hydrogen-bond donors (Lipinski definition) is 4. The lowest BCUT2D eigenvalue weighted by Gasteiger charge is -2.03. The van der Waals surface area contributed by atoms with E-state index in [0.717, 1.165) is 55.3 Å². The molecule has 0 atom stereocenters. The standard InChI is InChI=1S/C28H16N2O8S5/c31-21(32)9-11-7-19(41-25(11)15-3-5-17(39-15)27(35)36)13-1-2-14(24-23(13)29-43-30-24)20-8-12(10-22(33)34)26(42-20)16-4-6-18(40-16)28(37)38/h1-8H,9-10H2,(H,31,32)(H,33,34)(H,35,36)(H,37,38). The quantitative estimate of drug-likeness (QED) is 0.116. The molecular weight excluding hydrogens is 653 g/mol. The molecule has 4 N–H and O–H groups in total. The summed E-state index contributed by atoms with van der Waals surface area (Å²) in [6, 6.07) is 13.6. The van der Waals surface area contributed by atoms with Crippen molar-refractivity contribution in [2.24, 2.45) is 0 Å². The summed E-state index contributed by atoms with van der Waals surface area (Å²) in [5, 5.41) is 37.8. The number of hydrogen-bond acceptors (Lipinski definition) is 11. The van der Waals surface area contributed by atoms with Crippen LogP contribution in [0.5, 0.6) is 0 Å². The first kappa shape index (κ1) is 28.8. The molecule has 6 aromatic rings. The summed E-state index contributed by atoms with van der Waals surface area (Å²) in [6.07, 6.45) is -0.474. The number of benzene rings is 1. The third kappa shape index (κ3) is 5.60. The van der Waals surface area contributed by atoms with Gasteiger partial charge in [-0.25, -0.2) is 9.59 Å². The van der Waals surface area contributed by atoms with E-state index in [2.05, 4.69) is 8.75 Å². The number of thiophene rings is 4. The van der Waals surface area contributed by atoms with Crippen LogP contribution in [0.2, 0.25) is 0 Å². The van der Waals surface area contributed by atoms with Gasteiger partial charge in [0.1, 0.15) is 20.8 Å². The largest absolute Gasteiger partial charge is 0.481 e. The molecule has 10 nitrogen and oxygen atoms in total. The van der Waals surface area contributed by atoms with E-state index in [1.54, 1.807) is 24.3 Å². The van der Waals surface area contributed by atoms with E-state index < -0.39 is 23.9 Å². The van der Waals surface area contributed by atoms with Gasteiger partial charge >= 0.3 is 23.9 Å². The SMILES string of the molecule is O=C(O)Cc1cc(-c2ccc(-c3cc(CC(=O)O)c(-c4ccc(C(=O)O)s4)s3)c3nsnc23)sc1-c1ccc(C(=O)O)s1. The van der Waals surface area contributed by atoms with Gasteiger partial charge in [0.2, 0.25) is 0 Å². The molecular formula is C28H16N2O8S5. The van der Waals surface area contributed by atoms with Crippen LogP contribution < -0.4 is 0 Å². The van der Waals surface area contributed by atoms with Gasteiger partial charge in [-0.05, 0) is 47.5 Å². The molecule has 6 rings (SSSR count). The Morgan fingerprint density at radius 3 is 1.33 bits per heavy atom.